The molecule has 1 aliphatic heterocycles. The minimum atomic E-state index is 0.113. The van der Waals surface area contributed by atoms with Gasteiger partial charge in [-0.3, -0.25) is 9.48 Å². The molecule has 0 aromatic carbocycles. The van der Waals surface area contributed by atoms with Gasteiger partial charge in [-0.1, -0.05) is 6.92 Å². The molecule has 1 saturated heterocycles. The quantitative estimate of drug-likeness (QED) is 0.844. The van der Waals surface area contributed by atoms with Crippen LogP contribution in [-0.2, 0) is 7.05 Å². The molecule has 2 rings (SSSR count). The highest BCUT2D eigenvalue weighted by Crippen LogP contribution is 2.19. The zero-order chi connectivity index (χ0) is 13.3. The van der Waals surface area contributed by atoms with Gasteiger partial charge in [-0.2, -0.15) is 5.10 Å². The molecular weight excluding hydrogens is 228 g/mol. The van der Waals surface area contributed by atoms with Crippen molar-refractivity contribution in [2.75, 3.05) is 20.1 Å². The lowest BCUT2D eigenvalue weighted by Crippen LogP contribution is -2.49. The number of carbonyl (C=O) groups excluding carboxylic acids is 1. The molecule has 1 N–H and O–H groups in total. The molecular formula is C13H22N4O. The van der Waals surface area contributed by atoms with E-state index >= 15 is 0 Å². The van der Waals surface area contributed by atoms with Gasteiger partial charge in [-0.15, -0.1) is 0 Å². The molecule has 1 aromatic heterocycles. The Morgan fingerprint density at radius 1 is 1.56 bits per heavy atom. The predicted octanol–water partition coefficient (Wildman–Crippen LogP) is 0.799. The molecule has 0 radical (unpaired) electrons. The second-order valence-electron chi connectivity index (χ2n) is 5.18. The van der Waals surface area contributed by atoms with Gasteiger partial charge in [0.2, 0.25) is 0 Å². The first kappa shape index (κ1) is 13.1. The Hall–Kier alpha value is -1.36. The third kappa shape index (κ3) is 2.27. The van der Waals surface area contributed by atoms with Gasteiger partial charge in [-0.25, -0.2) is 0 Å². The fourth-order valence-corrected chi connectivity index (χ4v) is 2.64. The monoisotopic (exact) mass is 250 g/mol. The second-order valence-corrected chi connectivity index (χ2v) is 5.18. The Kier molecular flexibility index (Phi) is 3.71. The average Bonchev–Trinajstić information content (AvgIpc) is 2.69. The predicted molar refractivity (Wildman–Crippen MR) is 70.5 cm³/mol. The van der Waals surface area contributed by atoms with Gasteiger partial charge in [-0.05, 0) is 26.3 Å². The van der Waals surface area contributed by atoms with Crippen LogP contribution in [0.5, 0.6) is 0 Å². The number of nitrogens with one attached hydrogen (secondary N) is 1. The van der Waals surface area contributed by atoms with Crippen LogP contribution in [0.25, 0.3) is 0 Å². The number of carbonyl (C=O) groups is 1. The maximum atomic E-state index is 12.4. The first-order chi connectivity index (χ1) is 8.54. The largest absolute Gasteiger partial charge is 0.338 e. The van der Waals surface area contributed by atoms with Crippen molar-refractivity contribution in [3.05, 3.63) is 17.5 Å². The number of likely N-dealkylation sites (tertiary alicyclic amines) is 1. The van der Waals surface area contributed by atoms with Gasteiger partial charge < -0.3 is 10.2 Å². The lowest BCUT2D eigenvalue weighted by atomic mass is 9.93. The molecule has 0 bridgehead atoms. The number of piperidine rings is 1. The van der Waals surface area contributed by atoms with Gasteiger partial charge in [0.25, 0.3) is 5.91 Å². The van der Waals surface area contributed by atoms with Gasteiger partial charge in [0.05, 0.1) is 11.8 Å². The van der Waals surface area contributed by atoms with Crippen LogP contribution in [0.15, 0.2) is 6.20 Å². The summed E-state index contributed by atoms with van der Waals surface area (Å²) >= 11 is 0. The van der Waals surface area contributed by atoms with Gasteiger partial charge in [0, 0.05) is 31.9 Å². The smallest absolute Gasteiger partial charge is 0.257 e. The van der Waals surface area contributed by atoms with Crippen molar-refractivity contribution < 1.29 is 4.79 Å². The molecule has 0 spiro atoms. The van der Waals surface area contributed by atoms with Crippen LogP contribution in [0.1, 0.15) is 29.4 Å². The molecule has 1 aromatic rings. The Balaban J connectivity index is 2.09. The summed E-state index contributed by atoms with van der Waals surface area (Å²) in [5, 5.41) is 7.45. The van der Waals surface area contributed by atoms with Crippen LogP contribution >= 0.6 is 0 Å². The number of hydrogen-bond acceptors (Lipinski definition) is 3. The maximum Gasteiger partial charge on any atom is 0.257 e. The molecule has 2 unspecified atom stereocenters. The highest BCUT2D eigenvalue weighted by atomic mass is 16.2. The van der Waals surface area contributed by atoms with Crippen LogP contribution in [0.3, 0.4) is 0 Å². The van der Waals surface area contributed by atoms with Crippen molar-refractivity contribution >= 4 is 5.91 Å². The lowest BCUT2D eigenvalue weighted by molar-refractivity contribution is 0.0648. The van der Waals surface area contributed by atoms with Crippen LogP contribution < -0.4 is 5.32 Å². The Bertz CT molecular complexity index is 440. The Labute approximate surface area is 108 Å². The minimum absolute atomic E-state index is 0.113. The molecule has 0 saturated carbocycles. The summed E-state index contributed by atoms with van der Waals surface area (Å²) in [6, 6.07) is 0.518. The van der Waals surface area contributed by atoms with E-state index in [0.717, 1.165) is 30.8 Å². The number of aromatic nitrogens is 2. The van der Waals surface area contributed by atoms with Crippen LogP contribution in [0.4, 0.5) is 0 Å². The minimum Gasteiger partial charge on any atom is -0.338 e. The first-order valence-electron chi connectivity index (χ1n) is 6.49. The Morgan fingerprint density at radius 3 is 2.78 bits per heavy atom. The van der Waals surface area contributed by atoms with Crippen molar-refractivity contribution in [3.8, 4) is 0 Å². The van der Waals surface area contributed by atoms with E-state index in [1.165, 1.54) is 0 Å². The lowest BCUT2D eigenvalue weighted by Gasteiger charge is -2.36. The van der Waals surface area contributed by atoms with Crippen molar-refractivity contribution in [3.63, 3.8) is 0 Å². The molecule has 1 amide bonds. The summed E-state index contributed by atoms with van der Waals surface area (Å²) in [6.07, 6.45) is 2.69. The molecule has 1 aliphatic rings. The summed E-state index contributed by atoms with van der Waals surface area (Å²) < 4.78 is 1.75. The van der Waals surface area contributed by atoms with Crippen LogP contribution in [0, 0.1) is 12.8 Å². The normalized spacial score (nSPS) is 24.3. The van der Waals surface area contributed by atoms with Crippen molar-refractivity contribution in [1.82, 2.24) is 20.0 Å². The second kappa shape index (κ2) is 5.10. The highest BCUT2D eigenvalue weighted by Gasteiger charge is 2.29. The number of amides is 1. The standard InChI is InChI=1S/C13H22N4O/c1-9-8-17(6-5-12(9)14-3)13(18)11-7-15-16(4)10(11)2/h7,9,12,14H,5-6,8H2,1-4H3. The van der Waals surface area contributed by atoms with E-state index in [4.69, 9.17) is 0 Å². The zero-order valence-corrected chi connectivity index (χ0v) is 11.6. The molecule has 1 fully saturated rings. The van der Waals surface area contributed by atoms with E-state index in [1.54, 1.807) is 10.9 Å². The van der Waals surface area contributed by atoms with Gasteiger partial charge in [0.15, 0.2) is 0 Å². The summed E-state index contributed by atoms with van der Waals surface area (Å²) in [5.74, 6) is 0.603. The number of aryl methyl sites for hydroxylation is 1. The summed E-state index contributed by atoms with van der Waals surface area (Å²) in [4.78, 5) is 14.4. The van der Waals surface area contributed by atoms with Crippen molar-refractivity contribution in [2.45, 2.75) is 26.3 Å². The van der Waals surface area contributed by atoms with Gasteiger partial charge >= 0.3 is 0 Å². The summed E-state index contributed by atoms with van der Waals surface area (Å²) in [7, 11) is 3.85. The fraction of sp³-hybridized carbons (Fsp3) is 0.692. The van der Waals surface area contributed by atoms with E-state index in [2.05, 4.69) is 17.3 Å². The summed E-state index contributed by atoms with van der Waals surface area (Å²) in [5.41, 5.74) is 1.66. The summed E-state index contributed by atoms with van der Waals surface area (Å²) in [6.45, 7) is 5.77. The maximum absolute atomic E-state index is 12.4. The molecule has 100 valence electrons. The number of nitrogens with zero attached hydrogens (tertiary/aromatic N) is 3. The van der Waals surface area contributed by atoms with Crippen LogP contribution in [0.2, 0.25) is 0 Å². The number of rotatable bonds is 2. The molecule has 2 atom stereocenters. The topological polar surface area (TPSA) is 50.2 Å². The zero-order valence-electron chi connectivity index (χ0n) is 11.6. The number of hydrogen-bond donors (Lipinski definition) is 1. The molecule has 5 nitrogen and oxygen atoms in total. The average molecular weight is 250 g/mol. The van der Waals surface area contributed by atoms with E-state index in [9.17, 15) is 4.79 Å². The van der Waals surface area contributed by atoms with Crippen molar-refractivity contribution in [2.24, 2.45) is 13.0 Å². The Morgan fingerprint density at radius 2 is 2.28 bits per heavy atom. The third-order valence-corrected chi connectivity index (χ3v) is 4.03. The molecule has 18 heavy (non-hydrogen) atoms. The third-order valence-electron chi connectivity index (χ3n) is 4.03. The van der Waals surface area contributed by atoms with Crippen molar-refractivity contribution in [1.29, 1.82) is 0 Å². The van der Waals surface area contributed by atoms with Gasteiger partial charge in [0.1, 0.15) is 0 Å². The van der Waals surface area contributed by atoms with E-state index in [0.29, 0.717) is 12.0 Å². The molecule has 5 heteroatoms. The van der Waals surface area contributed by atoms with E-state index < -0.39 is 0 Å². The SMILES string of the molecule is CNC1CCN(C(=O)c2cnn(C)c2C)CC1C. The highest BCUT2D eigenvalue weighted by molar-refractivity contribution is 5.95. The molecule has 2 heterocycles. The van der Waals surface area contributed by atoms with E-state index in [1.807, 2.05) is 25.9 Å². The fourth-order valence-electron chi connectivity index (χ4n) is 2.64. The molecule has 0 aliphatic carbocycles. The van der Waals surface area contributed by atoms with E-state index in [-0.39, 0.29) is 5.91 Å². The van der Waals surface area contributed by atoms with Crippen LogP contribution in [-0.4, -0.2) is 46.8 Å². The first-order valence-corrected chi connectivity index (χ1v) is 6.49.